The molecule has 0 aliphatic carbocycles. The van der Waals surface area contributed by atoms with Crippen LogP contribution in [0.15, 0.2) is 42.5 Å². The molecule has 0 aromatic heterocycles. The van der Waals surface area contributed by atoms with Gasteiger partial charge in [0.2, 0.25) is 0 Å². The van der Waals surface area contributed by atoms with Gasteiger partial charge < -0.3 is 15.4 Å². The summed E-state index contributed by atoms with van der Waals surface area (Å²) in [5.41, 5.74) is 0.474. The van der Waals surface area contributed by atoms with Crippen LogP contribution in [0.3, 0.4) is 0 Å². The van der Waals surface area contributed by atoms with Crippen molar-refractivity contribution in [2.45, 2.75) is 0 Å². The first-order valence-electron chi connectivity index (χ1n) is 6.43. The molecule has 0 unspecified atom stereocenters. The highest BCUT2D eigenvalue weighted by Crippen LogP contribution is 2.24. The molecule has 0 heterocycles. The Morgan fingerprint density at radius 1 is 1.09 bits per heavy atom. The van der Waals surface area contributed by atoms with E-state index in [1.165, 1.54) is 36.4 Å². The van der Waals surface area contributed by atoms with Crippen molar-refractivity contribution < 1.29 is 18.3 Å². The second-order valence-electron chi connectivity index (χ2n) is 4.31. The lowest BCUT2D eigenvalue weighted by Gasteiger charge is -2.10. The monoisotopic (exact) mass is 326 g/mol. The highest BCUT2D eigenvalue weighted by Gasteiger charge is 2.04. The van der Waals surface area contributed by atoms with Crippen LogP contribution in [0.4, 0.5) is 19.3 Å². The number of halogens is 3. The highest BCUT2D eigenvalue weighted by molar-refractivity contribution is 6.32. The summed E-state index contributed by atoms with van der Waals surface area (Å²) >= 11 is 5.80. The molecule has 0 aliphatic heterocycles. The zero-order chi connectivity index (χ0) is 15.9. The van der Waals surface area contributed by atoms with Crippen LogP contribution in [0.5, 0.6) is 5.75 Å². The van der Waals surface area contributed by atoms with Gasteiger partial charge in [0.1, 0.15) is 24.0 Å². The fraction of sp³-hybridized carbons (Fsp3) is 0.133. The van der Waals surface area contributed by atoms with E-state index in [-0.39, 0.29) is 24.0 Å². The van der Waals surface area contributed by atoms with Gasteiger partial charge in [0, 0.05) is 5.69 Å². The third kappa shape index (κ3) is 4.89. The number of carbonyl (C=O) groups is 1. The average Bonchev–Trinajstić information content (AvgIpc) is 2.48. The predicted octanol–water partition coefficient (Wildman–Crippen LogP) is 3.82. The van der Waals surface area contributed by atoms with Gasteiger partial charge >= 0.3 is 6.03 Å². The van der Waals surface area contributed by atoms with Gasteiger partial charge in [0.25, 0.3) is 0 Å². The molecule has 116 valence electrons. The Kier molecular flexibility index (Phi) is 5.55. The Morgan fingerprint density at radius 3 is 2.45 bits per heavy atom. The SMILES string of the molecule is O=C(NCCOc1ccc(F)cc1Cl)Nc1ccc(F)cc1. The third-order valence-corrected chi connectivity index (χ3v) is 2.94. The molecule has 7 heteroatoms. The van der Waals surface area contributed by atoms with Crippen molar-refractivity contribution in [3.63, 3.8) is 0 Å². The number of nitrogens with one attached hydrogen (secondary N) is 2. The molecule has 0 bridgehead atoms. The zero-order valence-electron chi connectivity index (χ0n) is 11.4. The number of ether oxygens (including phenoxy) is 1. The molecular formula is C15H13ClF2N2O2. The van der Waals surface area contributed by atoms with Crippen LogP contribution in [-0.2, 0) is 0 Å². The largest absolute Gasteiger partial charge is 0.490 e. The summed E-state index contributed by atoms with van der Waals surface area (Å²) in [6, 6.07) is 8.73. The minimum absolute atomic E-state index is 0.163. The number of anilines is 1. The summed E-state index contributed by atoms with van der Waals surface area (Å²) in [6.07, 6.45) is 0. The zero-order valence-corrected chi connectivity index (χ0v) is 12.2. The number of urea groups is 1. The van der Waals surface area contributed by atoms with Gasteiger partial charge in [0.15, 0.2) is 0 Å². The van der Waals surface area contributed by atoms with E-state index in [0.717, 1.165) is 6.07 Å². The average molecular weight is 327 g/mol. The van der Waals surface area contributed by atoms with Gasteiger partial charge in [-0.25, -0.2) is 13.6 Å². The number of amides is 2. The van der Waals surface area contributed by atoms with Crippen LogP contribution in [0.2, 0.25) is 5.02 Å². The van der Waals surface area contributed by atoms with E-state index in [1.54, 1.807) is 0 Å². The van der Waals surface area contributed by atoms with Crippen molar-refractivity contribution in [3.05, 3.63) is 59.1 Å². The molecule has 0 saturated carbocycles. The van der Waals surface area contributed by atoms with Crippen LogP contribution < -0.4 is 15.4 Å². The van der Waals surface area contributed by atoms with E-state index < -0.39 is 11.8 Å². The fourth-order valence-corrected chi connectivity index (χ4v) is 1.85. The van der Waals surface area contributed by atoms with Crippen molar-refractivity contribution in [2.24, 2.45) is 0 Å². The first-order chi connectivity index (χ1) is 10.5. The van der Waals surface area contributed by atoms with Crippen LogP contribution in [-0.4, -0.2) is 19.2 Å². The van der Waals surface area contributed by atoms with E-state index in [2.05, 4.69) is 10.6 Å². The Balaban J connectivity index is 1.72. The maximum absolute atomic E-state index is 12.8. The quantitative estimate of drug-likeness (QED) is 0.821. The smallest absolute Gasteiger partial charge is 0.319 e. The van der Waals surface area contributed by atoms with Crippen molar-refractivity contribution in [3.8, 4) is 5.75 Å². The molecule has 2 N–H and O–H groups in total. The Hall–Kier alpha value is -2.34. The summed E-state index contributed by atoms with van der Waals surface area (Å²) < 4.78 is 30.9. The Morgan fingerprint density at radius 2 is 1.77 bits per heavy atom. The predicted molar refractivity (Wildman–Crippen MR) is 80.3 cm³/mol. The number of benzene rings is 2. The van der Waals surface area contributed by atoms with E-state index in [0.29, 0.717) is 11.4 Å². The second kappa shape index (κ2) is 7.61. The van der Waals surface area contributed by atoms with Crippen LogP contribution in [0.1, 0.15) is 0 Å². The molecular weight excluding hydrogens is 314 g/mol. The van der Waals surface area contributed by atoms with Gasteiger partial charge in [-0.3, -0.25) is 0 Å². The van der Waals surface area contributed by atoms with Crippen molar-refractivity contribution in [2.75, 3.05) is 18.5 Å². The van der Waals surface area contributed by atoms with Gasteiger partial charge in [0.05, 0.1) is 11.6 Å². The van der Waals surface area contributed by atoms with E-state index in [1.807, 2.05) is 0 Å². The van der Waals surface area contributed by atoms with Gasteiger partial charge in [-0.1, -0.05) is 11.6 Å². The van der Waals surface area contributed by atoms with Crippen LogP contribution in [0.25, 0.3) is 0 Å². The van der Waals surface area contributed by atoms with Gasteiger partial charge in [-0.2, -0.15) is 0 Å². The molecule has 22 heavy (non-hydrogen) atoms. The number of rotatable bonds is 5. The number of hydrogen-bond acceptors (Lipinski definition) is 2. The molecule has 4 nitrogen and oxygen atoms in total. The summed E-state index contributed by atoms with van der Waals surface area (Å²) in [5, 5.41) is 5.26. The second-order valence-corrected chi connectivity index (χ2v) is 4.72. The molecule has 0 aliphatic rings. The molecule has 0 fully saturated rings. The van der Waals surface area contributed by atoms with Gasteiger partial charge in [-0.15, -0.1) is 0 Å². The fourth-order valence-electron chi connectivity index (χ4n) is 1.63. The molecule has 2 aromatic carbocycles. The first-order valence-corrected chi connectivity index (χ1v) is 6.80. The maximum Gasteiger partial charge on any atom is 0.319 e. The van der Waals surface area contributed by atoms with E-state index in [9.17, 15) is 13.6 Å². The summed E-state index contributed by atoms with van der Waals surface area (Å²) in [6.45, 7) is 0.392. The van der Waals surface area contributed by atoms with Crippen molar-refractivity contribution in [1.29, 1.82) is 0 Å². The Labute approximate surface area is 131 Å². The summed E-state index contributed by atoms with van der Waals surface area (Å²) in [5.74, 6) is -0.492. The maximum atomic E-state index is 12.8. The molecule has 0 radical (unpaired) electrons. The highest BCUT2D eigenvalue weighted by atomic mass is 35.5. The summed E-state index contributed by atoms with van der Waals surface area (Å²) in [4.78, 5) is 11.6. The number of hydrogen-bond donors (Lipinski definition) is 2. The minimum Gasteiger partial charge on any atom is -0.490 e. The lowest BCUT2D eigenvalue weighted by atomic mass is 10.3. The van der Waals surface area contributed by atoms with Gasteiger partial charge in [-0.05, 0) is 42.5 Å². The molecule has 2 amide bonds. The topological polar surface area (TPSA) is 50.4 Å². The lowest BCUT2D eigenvalue weighted by Crippen LogP contribution is -2.32. The first kappa shape index (κ1) is 16.0. The molecule has 2 aromatic rings. The normalized spacial score (nSPS) is 10.1. The molecule has 0 atom stereocenters. The van der Waals surface area contributed by atoms with Crippen LogP contribution >= 0.6 is 11.6 Å². The third-order valence-electron chi connectivity index (χ3n) is 2.64. The van der Waals surface area contributed by atoms with E-state index in [4.69, 9.17) is 16.3 Å². The lowest BCUT2D eigenvalue weighted by molar-refractivity contribution is 0.247. The van der Waals surface area contributed by atoms with E-state index >= 15 is 0 Å². The van der Waals surface area contributed by atoms with Crippen LogP contribution in [0, 0.1) is 11.6 Å². The Bertz CT molecular complexity index is 650. The summed E-state index contributed by atoms with van der Waals surface area (Å²) in [7, 11) is 0. The molecule has 0 saturated heterocycles. The van der Waals surface area contributed by atoms with Crippen molar-refractivity contribution >= 4 is 23.3 Å². The number of carbonyl (C=O) groups excluding carboxylic acids is 1. The molecule has 2 rings (SSSR count). The molecule has 0 spiro atoms. The van der Waals surface area contributed by atoms with Crippen molar-refractivity contribution in [1.82, 2.24) is 5.32 Å². The standard InChI is InChI=1S/C15H13ClF2N2O2/c16-13-9-11(18)3-6-14(13)22-8-7-19-15(21)20-12-4-1-10(17)2-5-12/h1-6,9H,7-8H2,(H2,19,20,21). The minimum atomic E-state index is -0.450.